The van der Waals surface area contributed by atoms with E-state index in [1.807, 2.05) is 54.6 Å². The number of aromatic amines is 1. The van der Waals surface area contributed by atoms with Crippen molar-refractivity contribution in [2.75, 3.05) is 0 Å². The molecular formula is C19H18N4O2. The molecule has 0 aliphatic carbocycles. The van der Waals surface area contributed by atoms with Crippen LogP contribution in [0.2, 0.25) is 0 Å². The number of hydrogen-bond acceptors (Lipinski definition) is 4. The van der Waals surface area contributed by atoms with E-state index >= 15 is 0 Å². The van der Waals surface area contributed by atoms with Gasteiger partial charge in [0, 0.05) is 6.08 Å². The molecule has 25 heavy (non-hydrogen) atoms. The lowest BCUT2D eigenvalue weighted by molar-refractivity contribution is -0.121. The number of ketones is 1. The Morgan fingerprint density at radius 2 is 1.76 bits per heavy atom. The van der Waals surface area contributed by atoms with Crippen LogP contribution in [0.25, 0.3) is 16.7 Å². The highest BCUT2D eigenvalue weighted by atomic mass is 16.2. The van der Waals surface area contributed by atoms with E-state index in [1.54, 1.807) is 0 Å². The zero-order valence-corrected chi connectivity index (χ0v) is 13.7. The SMILES string of the molecule is CC(=O)C=C(NNC(=O)Cc1nc2ccccc2[nH]1)c1ccccc1. The van der Waals surface area contributed by atoms with Gasteiger partial charge in [-0.2, -0.15) is 0 Å². The summed E-state index contributed by atoms with van der Waals surface area (Å²) in [7, 11) is 0. The number of aromatic nitrogens is 2. The molecule has 0 unspecified atom stereocenters. The molecular weight excluding hydrogens is 316 g/mol. The van der Waals surface area contributed by atoms with E-state index < -0.39 is 0 Å². The van der Waals surface area contributed by atoms with Crippen LogP contribution >= 0.6 is 0 Å². The Labute approximate surface area is 144 Å². The maximum atomic E-state index is 12.2. The van der Waals surface area contributed by atoms with Crippen LogP contribution in [0.4, 0.5) is 0 Å². The van der Waals surface area contributed by atoms with Crippen molar-refractivity contribution in [2.45, 2.75) is 13.3 Å². The minimum absolute atomic E-state index is 0.101. The summed E-state index contributed by atoms with van der Waals surface area (Å²) in [5.41, 5.74) is 8.48. The molecule has 0 bridgehead atoms. The largest absolute Gasteiger partial charge is 0.342 e. The Morgan fingerprint density at radius 3 is 2.48 bits per heavy atom. The predicted molar refractivity (Wildman–Crippen MR) is 96.2 cm³/mol. The fourth-order valence-electron chi connectivity index (χ4n) is 2.44. The van der Waals surface area contributed by atoms with E-state index in [0.717, 1.165) is 16.6 Å². The van der Waals surface area contributed by atoms with Gasteiger partial charge in [-0.25, -0.2) is 4.98 Å². The molecule has 1 aromatic heterocycles. The normalized spacial score (nSPS) is 11.3. The van der Waals surface area contributed by atoms with Gasteiger partial charge in [-0.1, -0.05) is 42.5 Å². The van der Waals surface area contributed by atoms with Crippen LogP contribution in [0.5, 0.6) is 0 Å². The number of carbonyl (C=O) groups excluding carboxylic acids is 2. The van der Waals surface area contributed by atoms with Crippen LogP contribution in [0, 0.1) is 0 Å². The lowest BCUT2D eigenvalue weighted by Crippen LogP contribution is -2.37. The summed E-state index contributed by atoms with van der Waals surface area (Å²) in [6.07, 6.45) is 1.54. The predicted octanol–water partition coefficient (Wildman–Crippen LogP) is 2.36. The average molecular weight is 334 g/mol. The molecule has 0 spiro atoms. The van der Waals surface area contributed by atoms with Gasteiger partial charge in [-0.15, -0.1) is 0 Å². The molecule has 0 fully saturated rings. The number of nitrogens with zero attached hydrogens (tertiary/aromatic N) is 1. The highest BCUT2D eigenvalue weighted by Crippen LogP contribution is 2.11. The molecule has 3 aromatic rings. The number of hydrogen-bond donors (Lipinski definition) is 3. The van der Waals surface area contributed by atoms with Crippen molar-refractivity contribution in [3.8, 4) is 0 Å². The molecule has 0 atom stereocenters. The van der Waals surface area contributed by atoms with E-state index in [0.29, 0.717) is 11.5 Å². The summed E-state index contributed by atoms with van der Waals surface area (Å²) >= 11 is 0. The molecule has 0 radical (unpaired) electrons. The number of para-hydroxylation sites is 2. The standard InChI is InChI=1S/C19H18N4O2/c1-13(24)11-17(14-7-3-2-4-8-14)22-23-19(25)12-18-20-15-9-5-6-10-16(15)21-18/h2-11,22H,12H2,1H3,(H,20,21)(H,23,25). The van der Waals surface area contributed by atoms with Crippen LogP contribution in [0.1, 0.15) is 18.3 Å². The van der Waals surface area contributed by atoms with Gasteiger partial charge in [-0.05, 0) is 24.6 Å². The van der Waals surface area contributed by atoms with Crippen molar-refractivity contribution < 1.29 is 9.59 Å². The van der Waals surface area contributed by atoms with Crippen LogP contribution in [-0.2, 0) is 16.0 Å². The van der Waals surface area contributed by atoms with Crippen LogP contribution in [0.15, 0.2) is 60.7 Å². The molecule has 3 rings (SSSR count). The van der Waals surface area contributed by atoms with Gasteiger partial charge in [0.05, 0.1) is 23.2 Å². The fraction of sp³-hybridized carbons (Fsp3) is 0.105. The first-order valence-electron chi connectivity index (χ1n) is 7.88. The third-order valence-electron chi connectivity index (χ3n) is 3.54. The topological polar surface area (TPSA) is 86.9 Å². The summed E-state index contributed by atoms with van der Waals surface area (Å²) in [6.45, 7) is 1.46. The number of fused-ring (bicyclic) bond motifs is 1. The highest BCUT2D eigenvalue weighted by Gasteiger charge is 2.09. The van der Waals surface area contributed by atoms with Gasteiger partial charge in [-0.3, -0.25) is 20.4 Å². The number of nitrogens with one attached hydrogen (secondary N) is 3. The first-order chi connectivity index (χ1) is 12.1. The highest BCUT2D eigenvalue weighted by molar-refractivity contribution is 5.95. The summed E-state index contributed by atoms with van der Waals surface area (Å²) < 4.78 is 0. The number of H-pyrrole nitrogens is 1. The second-order valence-electron chi connectivity index (χ2n) is 5.59. The van der Waals surface area contributed by atoms with Crippen molar-refractivity contribution in [1.82, 2.24) is 20.8 Å². The Morgan fingerprint density at radius 1 is 1.04 bits per heavy atom. The molecule has 0 aliphatic heterocycles. The molecule has 0 saturated heterocycles. The second-order valence-corrected chi connectivity index (χ2v) is 5.59. The fourth-order valence-corrected chi connectivity index (χ4v) is 2.44. The summed E-state index contributed by atoms with van der Waals surface area (Å²) in [5.74, 6) is 0.208. The quantitative estimate of drug-likeness (QED) is 0.477. The minimum Gasteiger partial charge on any atom is -0.342 e. The Hall–Kier alpha value is -3.41. The summed E-state index contributed by atoms with van der Waals surface area (Å²) in [6, 6.07) is 16.9. The third-order valence-corrected chi connectivity index (χ3v) is 3.54. The molecule has 2 aromatic carbocycles. The van der Waals surface area contributed by atoms with Crippen molar-refractivity contribution >= 4 is 28.4 Å². The monoisotopic (exact) mass is 334 g/mol. The van der Waals surface area contributed by atoms with Crippen LogP contribution < -0.4 is 10.9 Å². The number of carbonyl (C=O) groups is 2. The average Bonchev–Trinajstić information content (AvgIpc) is 3.01. The molecule has 6 nitrogen and oxygen atoms in total. The molecule has 0 saturated carbocycles. The van der Waals surface area contributed by atoms with Crippen molar-refractivity contribution in [3.05, 3.63) is 72.1 Å². The molecule has 1 amide bonds. The maximum absolute atomic E-state index is 12.2. The van der Waals surface area contributed by atoms with Gasteiger partial charge in [0.2, 0.25) is 5.91 Å². The van der Waals surface area contributed by atoms with Gasteiger partial charge in [0.25, 0.3) is 0 Å². The zero-order valence-electron chi connectivity index (χ0n) is 13.7. The third kappa shape index (κ3) is 4.32. The number of hydrazine groups is 1. The number of imidazole rings is 1. The summed E-state index contributed by atoms with van der Waals surface area (Å²) in [5, 5.41) is 0. The van der Waals surface area contributed by atoms with Gasteiger partial charge < -0.3 is 4.98 Å². The minimum atomic E-state index is -0.260. The van der Waals surface area contributed by atoms with E-state index in [-0.39, 0.29) is 18.1 Å². The van der Waals surface area contributed by atoms with Crippen molar-refractivity contribution in [1.29, 1.82) is 0 Å². The van der Waals surface area contributed by atoms with E-state index in [9.17, 15) is 9.59 Å². The second kappa shape index (κ2) is 7.44. The van der Waals surface area contributed by atoms with E-state index in [2.05, 4.69) is 20.8 Å². The Bertz CT molecular complexity index is 896. The van der Waals surface area contributed by atoms with E-state index in [1.165, 1.54) is 13.0 Å². The number of benzene rings is 2. The first-order valence-corrected chi connectivity index (χ1v) is 7.88. The lowest BCUT2D eigenvalue weighted by Gasteiger charge is -2.12. The molecule has 1 heterocycles. The van der Waals surface area contributed by atoms with Gasteiger partial charge in [0.1, 0.15) is 5.82 Å². The molecule has 6 heteroatoms. The smallest absolute Gasteiger partial charge is 0.245 e. The number of allylic oxidation sites excluding steroid dienone is 1. The number of amides is 1. The number of rotatable bonds is 6. The Balaban J connectivity index is 1.66. The Kier molecular flexibility index (Phi) is 4.89. The lowest BCUT2D eigenvalue weighted by atomic mass is 10.1. The molecule has 126 valence electrons. The zero-order chi connectivity index (χ0) is 17.6. The van der Waals surface area contributed by atoms with Crippen molar-refractivity contribution in [3.63, 3.8) is 0 Å². The van der Waals surface area contributed by atoms with Gasteiger partial charge in [0.15, 0.2) is 5.78 Å². The van der Waals surface area contributed by atoms with Crippen LogP contribution in [0.3, 0.4) is 0 Å². The molecule has 3 N–H and O–H groups in total. The van der Waals surface area contributed by atoms with Gasteiger partial charge >= 0.3 is 0 Å². The van der Waals surface area contributed by atoms with Crippen LogP contribution in [-0.4, -0.2) is 21.7 Å². The first kappa shape index (κ1) is 16.4. The van der Waals surface area contributed by atoms with Crippen molar-refractivity contribution in [2.24, 2.45) is 0 Å². The maximum Gasteiger partial charge on any atom is 0.245 e. The van der Waals surface area contributed by atoms with E-state index in [4.69, 9.17) is 0 Å². The molecule has 0 aliphatic rings. The summed E-state index contributed by atoms with van der Waals surface area (Å²) in [4.78, 5) is 31.1.